The van der Waals surface area contributed by atoms with Gasteiger partial charge in [0.05, 0.1) is 14.9 Å². The quantitative estimate of drug-likeness (QED) is 0.864. The largest absolute Gasteiger partial charge is 0.279 e. The van der Waals surface area contributed by atoms with E-state index in [-0.39, 0.29) is 14.8 Å². The Morgan fingerprint density at radius 3 is 2.38 bits per heavy atom. The van der Waals surface area contributed by atoms with E-state index in [1.807, 2.05) is 0 Å². The minimum atomic E-state index is -3.90. The lowest BCUT2D eigenvalue weighted by atomic mass is 10.3. The zero-order valence-corrected chi connectivity index (χ0v) is 13.9. The molecule has 1 heterocycles. The Balaban J connectivity index is 2.37. The number of thiophene rings is 1. The molecule has 3 N–H and O–H groups in total. The van der Waals surface area contributed by atoms with Gasteiger partial charge in [-0.15, -0.1) is 11.3 Å². The molecule has 0 saturated heterocycles. The number of aryl methyl sites for hydroxylation is 1. The molecule has 0 bridgehead atoms. The average Bonchev–Trinajstić information content (AvgIpc) is 2.69. The van der Waals surface area contributed by atoms with Crippen molar-refractivity contribution in [1.82, 2.24) is 0 Å². The second-order valence-electron chi connectivity index (χ2n) is 4.20. The fourth-order valence-electron chi connectivity index (χ4n) is 1.51. The summed E-state index contributed by atoms with van der Waals surface area (Å²) in [4.78, 5) is -0.178. The molecule has 6 nitrogen and oxygen atoms in total. The summed E-state index contributed by atoms with van der Waals surface area (Å²) >= 11 is 6.78. The van der Waals surface area contributed by atoms with E-state index in [1.54, 1.807) is 6.92 Å². The van der Waals surface area contributed by atoms with Crippen molar-refractivity contribution in [3.63, 3.8) is 0 Å². The Morgan fingerprint density at radius 1 is 1.19 bits per heavy atom. The highest BCUT2D eigenvalue weighted by molar-refractivity contribution is 7.94. The molecule has 0 amide bonds. The normalized spacial score (nSPS) is 12.3. The average molecular weight is 367 g/mol. The molecule has 10 heteroatoms. The summed E-state index contributed by atoms with van der Waals surface area (Å²) in [6.07, 6.45) is 0. The highest BCUT2D eigenvalue weighted by Gasteiger charge is 2.19. The monoisotopic (exact) mass is 366 g/mol. The highest BCUT2D eigenvalue weighted by Crippen LogP contribution is 2.31. The van der Waals surface area contributed by atoms with Crippen LogP contribution in [-0.4, -0.2) is 16.8 Å². The summed E-state index contributed by atoms with van der Waals surface area (Å²) in [6, 6.07) is 6.69. The van der Waals surface area contributed by atoms with E-state index in [9.17, 15) is 16.8 Å². The Hall–Kier alpha value is -1.13. The van der Waals surface area contributed by atoms with Crippen LogP contribution in [0.1, 0.15) is 5.56 Å². The van der Waals surface area contributed by atoms with Gasteiger partial charge in [-0.25, -0.2) is 22.0 Å². The number of rotatable bonds is 4. The molecular weight excluding hydrogens is 356 g/mol. The second-order valence-corrected chi connectivity index (χ2v) is 9.33. The van der Waals surface area contributed by atoms with Crippen molar-refractivity contribution in [3.05, 3.63) is 40.2 Å². The Kier molecular flexibility index (Phi) is 4.31. The fraction of sp³-hybridized carbons (Fsp3) is 0.0909. The van der Waals surface area contributed by atoms with E-state index in [1.165, 1.54) is 24.3 Å². The predicted molar refractivity (Wildman–Crippen MR) is 82.7 cm³/mol. The van der Waals surface area contributed by atoms with Crippen LogP contribution in [0.15, 0.2) is 39.4 Å². The molecule has 0 fully saturated rings. The number of primary sulfonamides is 1. The van der Waals surface area contributed by atoms with Crippen LogP contribution in [0, 0.1) is 6.92 Å². The first-order valence-corrected chi connectivity index (χ1v) is 9.73. The van der Waals surface area contributed by atoms with Crippen LogP contribution in [0.5, 0.6) is 0 Å². The third-order valence-electron chi connectivity index (χ3n) is 2.51. The first-order chi connectivity index (χ1) is 9.59. The molecule has 0 atom stereocenters. The molecule has 0 spiro atoms. The zero-order chi connectivity index (χ0) is 15.8. The van der Waals surface area contributed by atoms with Crippen molar-refractivity contribution in [3.8, 4) is 0 Å². The second kappa shape index (κ2) is 5.58. The van der Waals surface area contributed by atoms with Gasteiger partial charge in [0, 0.05) is 0 Å². The number of hydrogen-bond donors (Lipinski definition) is 2. The minimum Gasteiger partial charge on any atom is -0.279 e. The molecule has 0 aliphatic heterocycles. The molecule has 2 rings (SSSR count). The lowest BCUT2D eigenvalue weighted by Crippen LogP contribution is -2.14. The highest BCUT2D eigenvalue weighted by atomic mass is 35.5. The van der Waals surface area contributed by atoms with Crippen molar-refractivity contribution in [1.29, 1.82) is 0 Å². The summed E-state index contributed by atoms with van der Waals surface area (Å²) in [5.41, 5.74) is 0.754. The molecule has 0 saturated carbocycles. The first kappa shape index (κ1) is 16.2. The van der Waals surface area contributed by atoms with Gasteiger partial charge in [-0.1, -0.05) is 17.7 Å². The number of sulfonamides is 2. The molecule has 0 aliphatic carbocycles. The lowest BCUT2D eigenvalue weighted by molar-refractivity contribution is 0.596. The van der Waals surface area contributed by atoms with E-state index in [2.05, 4.69) is 4.72 Å². The van der Waals surface area contributed by atoms with Gasteiger partial charge in [-0.3, -0.25) is 4.72 Å². The van der Waals surface area contributed by atoms with Gasteiger partial charge in [-0.05, 0) is 36.8 Å². The zero-order valence-electron chi connectivity index (χ0n) is 10.7. The number of nitrogens with one attached hydrogen (secondary N) is 1. The van der Waals surface area contributed by atoms with Crippen molar-refractivity contribution < 1.29 is 16.8 Å². The van der Waals surface area contributed by atoms with Gasteiger partial charge < -0.3 is 0 Å². The van der Waals surface area contributed by atoms with Crippen LogP contribution >= 0.6 is 22.9 Å². The summed E-state index contributed by atoms with van der Waals surface area (Å²) < 4.78 is 49.6. The molecule has 1 aromatic carbocycles. The van der Waals surface area contributed by atoms with Crippen LogP contribution < -0.4 is 9.86 Å². The van der Waals surface area contributed by atoms with Gasteiger partial charge in [-0.2, -0.15) is 0 Å². The van der Waals surface area contributed by atoms with E-state index < -0.39 is 20.0 Å². The van der Waals surface area contributed by atoms with Crippen molar-refractivity contribution in [2.75, 3.05) is 4.72 Å². The van der Waals surface area contributed by atoms with E-state index in [0.717, 1.165) is 17.4 Å². The standard InChI is InChI=1S/C11H11ClN2O4S3/c1-7-5-10(19-11(7)12)21(17,18)14-8-3-2-4-9(6-8)20(13,15)16/h2-6,14H,1H3,(H2,13,15,16). The lowest BCUT2D eigenvalue weighted by Gasteiger charge is -2.07. The number of nitrogens with two attached hydrogens (primary N) is 1. The maximum Gasteiger partial charge on any atom is 0.271 e. The first-order valence-electron chi connectivity index (χ1n) is 5.51. The molecule has 0 unspecified atom stereocenters. The van der Waals surface area contributed by atoms with Gasteiger partial charge in [0.1, 0.15) is 4.21 Å². The summed E-state index contributed by atoms with van der Waals surface area (Å²) in [5.74, 6) is 0. The molecule has 0 aliphatic rings. The van der Waals surface area contributed by atoms with Crippen LogP contribution in [-0.2, 0) is 20.0 Å². The third-order valence-corrected chi connectivity index (χ3v) is 6.84. The van der Waals surface area contributed by atoms with Crippen molar-refractivity contribution >= 4 is 48.7 Å². The Bertz CT molecular complexity index is 868. The van der Waals surface area contributed by atoms with E-state index in [0.29, 0.717) is 9.90 Å². The van der Waals surface area contributed by atoms with Crippen molar-refractivity contribution in [2.24, 2.45) is 5.14 Å². The maximum atomic E-state index is 12.2. The molecule has 21 heavy (non-hydrogen) atoms. The fourth-order valence-corrected chi connectivity index (χ4v) is 4.82. The number of hydrogen-bond acceptors (Lipinski definition) is 5. The number of halogens is 1. The Labute approximate surface area is 131 Å². The SMILES string of the molecule is Cc1cc(S(=O)(=O)Nc2cccc(S(N)(=O)=O)c2)sc1Cl. The van der Waals surface area contributed by atoms with Crippen LogP contribution in [0.3, 0.4) is 0 Å². The molecule has 1 aromatic heterocycles. The minimum absolute atomic E-state index is 0.0472. The summed E-state index contributed by atoms with van der Waals surface area (Å²) in [6.45, 7) is 1.69. The number of anilines is 1. The molecule has 114 valence electrons. The molecule has 0 radical (unpaired) electrons. The summed E-state index contributed by atoms with van der Waals surface area (Å²) in [5, 5.41) is 5.00. The smallest absolute Gasteiger partial charge is 0.271 e. The maximum absolute atomic E-state index is 12.2. The molecular formula is C11H11ClN2O4S3. The number of benzene rings is 1. The van der Waals surface area contributed by atoms with Crippen LogP contribution in [0.4, 0.5) is 5.69 Å². The van der Waals surface area contributed by atoms with Gasteiger partial charge in [0.15, 0.2) is 0 Å². The van der Waals surface area contributed by atoms with E-state index in [4.69, 9.17) is 16.7 Å². The van der Waals surface area contributed by atoms with E-state index >= 15 is 0 Å². The molecule has 2 aromatic rings. The summed E-state index contributed by atoms with van der Waals surface area (Å²) in [7, 11) is -7.73. The van der Waals surface area contributed by atoms with Crippen molar-refractivity contribution in [2.45, 2.75) is 16.0 Å². The predicted octanol–water partition coefficient (Wildman–Crippen LogP) is 2.16. The van der Waals surface area contributed by atoms with Gasteiger partial charge in [0.2, 0.25) is 10.0 Å². The van der Waals surface area contributed by atoms with Gasteiger partial charge >= 0.3 is 0 Å². The topological polar surface area (TPSA) is 106 Å². The van der Waals surface area contributed by atoms with Crippen LogP contribution in [0.2, 0.25) is 4.34 Å². The third kappa shape index (κ3) is 3.74. The van der Waals surface area contributed by atoms with Gasteiger partial charge in [0.25, 0.3) is 10.0 Å². The Morgan fingerprint density at radius 2 is 1.86 bits per heavy atom. The van der Waals surface area contributed by atoms with Crippen LogP contribution in [0.25, 0.3) is 0 Å².